The van der Waals surface area contributed by atoms with Crippen LogP contribution < -0.4 is 0 Å². The third-order valence-corrected chi connectivity index (χ3v) is 2.11. The first-order valence-corrected chi connectivity index (χ1v) is 5.44. The largest absolute Gasteiger partial charge is 0.220 e. The molecule has 0 amide bonds. The summed E-state index contributed by atoms with van der Waals surface area (Å²) in [7, 11) is 0. The fourth-order valence-electron chi connectivity index (χ4n) is 1.09. The van der Waals surface area contributed by atoms with Gasteiger partial charge >= 0.3 is 0 Å². The average Bonchev–Trinajstić information content (AvgIpc) is 2.76. The van der Waals surface area contributed by atoms with E-state index < -0.39 is 0 Å². The second kappa shape index (κ2) is 5.01. The molecule has 0 aliphatic heterocycles. The van der Waals surface area contributed by atoms with E-state index in [0.29, 0.717) is 16.7 Å². The monoisotopic (exact) mass is 250 g/mol. The minimum atomic E-state index is 0.353. The van der Waals surface area contributed by atoms with E-state index in [1.54, 1.807) is 29.2 Å². The molecule has 0 unspecified atom stereocenters. The fraction of sp³-hybridized carbons (Fsp3) is 0.100. The lowest BCUT2D eigenvalue weighted by Gasteiger charge is -1.96. The predicted octanol–water partition coefficient (Wildman–Crippen LogP) is 1.60. The van der Waals surface area contributed by atoms with Crippen LogP contribution in [0.2, 0.25) is 5.15 Å². The fourth-order valence-corrected chi connectivity index (χ4v) is 1.27. The normalized spacial score (nSPS) is 9.62. The molecular formula is C10H7ClN4S. The lowest BCUT2D eigenvalue weighted by Crippen LogP contribution is -1.98. The van der Waals surface area contributed by atoms with Crippen molar-refractivity contribution in [2.75, 3.05) is 5.75 Å². The third-order valence-electron chi connectivity index (χ3n) is 1.75. The quantitative estimate of drug-likeness (QED) is 0.618. The molecule has 80 valence electrons. The van der Waals surface area contributed by atoms with Gasteiger partial charge in [0.15, 0.2) is 11.0 Å². The first kappa shape index (κ1) is 11.0. The van der Waals surface area contributed by atoms with Crippen LogP contribution in [0, 0.1) is 11.8 Å². The van der Waals surface area contributed by atoms with Crippen LogP contribution in [-0.4, -0.2) is 25.7 Å². The maximum absolute atomic E-state index is 5.64. The number of hydrogen-bond acceptors (Lipinski definition) is 4. The van der Waals surface area contributed by atoms with E-state index >= 15 is 0 Å². The Labute approximate surface area is 103 Å². The molecule has 0 saturated heterocycles. The highest BCUT2D eigenvalue weighted by molar-refractivity contribution is 7.80. The number of nitrogens with zero attached hydrogens (tertiary/aromatic N) is 4. The van der Waals surface area contributed by atoms with Crippen LogP contribution in [0.15, 0.2) is 24.5 Å². The van der Waals surface area contributed by atoms with Gasteiger partial charge in [-0.1, -0.05) is 23.4 Å². The number of hydrogen-bond donors (Lipinski definition) is 1. The van der Waals surface area contributed by atoms with Gasteiger partial charge in [-0.05, 0) is 12.1 Å². The molecule has 0 atom stereocenters. The summed E-state index contributed by atoms with van der Waals surface area (Å²) in [4.78, 5) is 0. The van der Waals surface area contributed by atoms with Crippen LogP contribution in [0.5, 0.6) is 0 Å². The second-order valence-corrected chi connectivity index (χ2v) is 3.55. The van der Waals surface area contributed by atoms with Gasteiger partial charge in [0, 0.05) is 6.20 Å². The van der Waals surface area contributed by atoms with Crippen molar-refractivity contribution >= 4 is 24.2 Å². The average molecular weight is 251 g/mol. The molecule has 2 heterocycles. The molecule has 0 N–H and O–H groups in total. The minimum Gasteiger partial charge on any atom is -0.220 e. The summed E-state index contributed by atoms with van der Waals surface area (Å²) in [5.41, 5.74) is 0.811. The zero-order valence-electron chi connectivity index (χ0n) is 8.13. The molecule has 0 aromatic carbocycles. The van der Waals surface area contributed by atoms with Crippen LogP contribution >= 0.6 is 24.2 Å². The zero-order valence-corrected chi connectivity index (χ0v) is 9.78. The van der Waals surface area contributed by atoms with Gasteiger partial charge in [0.1, 0.15) is 0 Å². The molecule has 2 aromatic heterocycles. The molecule has 6 heteroatoms. The van der Waals surface area contributed by atoms with Gasteiger partial charge in [-0.15, -0.1) is 10.2 Å². The van der Waals surface area contributed by atoms with Crippen molar-refractivity contribution in [3.05, 3.63) is 35.2 Å². The van der Waals surface area contributed by atoms with E-state index in [4.69, 9.17) is 11.6 Å². The Morgan fingerprint density at radius 1 is 1.38 bits per heavy atom. The van der Waals surface area contributed by atoms with Crippen LogP contribution in [0.4, 0.5) is 0 Å². The van der Waals surface area contributed by atoms with Gasteiger partial charge in [-0.25, -0.2) is 4.68 Å². The number of aromatic nitrogens is 4. The lowest BCUT2D eigenvalue weighted by molar-refractivity contribution is 0.814. The Balaban J connectivity index is 2.28. The molecule has 2 aromatic rings. The Morgan fingerprint density at radius 2 is 2.25 bits per heavy atom. The van der Waals surface area contributed by atoms with Crippen molar-refractivity contribution in [3.63, 3.8) is 0 Å². The van der Waals surface area contributed by atoms with E-state index in [1.165, 1.54) is 0 Å². The van der Waals surface area contributed by atoms with E-state index in [0.717, 1.165) is 5.56 Å². The highest BCUT2D eigenvalue weighted by atomic mass is 35.5. The molecule has 0 fully saturated rings. The SMILES string of the molecule is SCC#Cc1cnn(-c2ccc(Cl)nn2)c1. The van der Waals surface area contributed by atoms with Crippen molar-refractivity contribution in [2.24, 2.45) is 0 Å². The smallest absolute Gasteiger partial charge is 0.175 e. The summed E-state index contributed by atoms with van der Waals surface area (Å²) in [6, 6.07) is 3.39. The molecule has 16 heavy (non-hydrogen) atoms. The zero-order chi connectivity index (χ0) is 11.4. The highest BCUT2D eigenvalue weighted by Gasteiger charge is 2.00. The van der Waals surface area contributed by atoms with Gasteiger partial charge in [-0.3, -0.25) is 0 Å². The topological polar surface area (TPSA) is 43.6 Å². The lowest BCUT2D eigenvalue weighted by atomic mass is 10.4. The van der Waals surface area contributed by atoms with Crippen molar-refractivity contribution in [1.82, 2.24) is 20.0 Å². The molecule has 0 aliphatic rings. The molecule has 4 nitrogen and oxygen atoms in total. The summed E-state index contributed by atoms with van der Waals surface area (Å²) in [5, 5.41) is 12.1. The van der Waals surface area contributed by atoms with Crippen molar-refractivity contribution in [3.8, 4) is 17.7 Å². The standard InChI is InChI=1S/C10H7ClN4S/c11-9-3-4-10(14-13-9)15-7-8(6-12-15)2-1-5-16/h3-4,6-7,16H,5H2. The molecule has 0 aliphatic carbocycles. The molecular weight excluding hydrogens is 244 g/mol. The summed E-state index contributed by atoms with van der Waals surface area (Å²) >= 11 is 9.64. The van der Waals surface area contributed by atoms with E-state index in [9.17, 15) is 0 Å². The maximum atomic E-state index is 5.64. The minimum absolute atomic E-state index is 0.353. The van der Waals surface area contributed by atoms with Crippen molar-refractivity contribution < 1.29 is 0 Å². The van der Waals surface area contributed by atoms with Crippen LogP contribution in [0.3, 0.4) is 0 Å². The summed E-state index contributed by atoms with van der Waals surface area (Å²) < 4.78 is 1.59. The van der Waals surface area contributed by atoms with E-state index in [-0.39, 0.29) is 0 Å². The highest BCUT2D eigenvalue weighted by Crippen LogP contribution is 2.06. The molecule has 0 spiro atoms. The molecule has 0 saturated carbocycles. The molecule has 0 radical (unpaired) electrons. The number of halogens is 1. The van der Waals surface area contributed by atoms with Gasteiger partial charge in [0.05, 0.1) is 17.5 Å². The Bertz CT molecular complexity index is 538. The Kier molecular flexibility index (Phi) is 3.44. The molecule has 2 rings (SSSR count). The van der Waals surface area contributed by atoms with Gasteiger partial charge < -0.3 is 0 Å². The van der Waals surface area contributed by atoms with Crippen LogP contribution in [0.25, 0.3) is 5.82 Å². The van der Waals surface area contributed by atoms with Crippen molar-refractivity contribution in [1.29, 1.82) is 0 Å². The van der Waals surface area contributed by atoms with Gasteiger partial charge in [0.2, 0.25) is 0 Å². The maximum Gasteiger partial charge on any atom is 0.175 e. The van der Waals surface area contributed by atoms with Crippen molar-refractivity contribution in [2.45, 2.75) is 0 Å². The van der Waals surface area contributed by atoms with Crippen LogP contribution in [0.1, 0.15) is 5.56 Å². The second-order valence-electron chi connectivity index (χ2n) is 2.85. The summed E-state index contributed by atoms with van der Waals surface area (Å²) in [6.45, 7) is 0. The summed E-state index contributed by atoms with van der Waals surface area (Å²) in [6.07, 6.45) is 3.43. The predicted molar refractivity (Wildman–Crippen MR) is 64.9 cm³/mol. The number of thiol groups is 1. The number of rotatable bonds is 1. The Morgan fingerprint density at radius 3 is 2.94 bits per heavy atom. The first-order valence-electron chi connectivity index (χ1n) is 4.43. The Hall–Kier alpha value is -1.51. The van der Waals surface area contributed by atoms with Gasteiger partial charge in [-0.2, -0.15) is 17.7 Å². The molecule has 0 bridgehead atoms. The van der Waals surface area contributed by atoms with E-state index in [2.05, 4.69) is 39.8 Å². The van der Waals surface area contributed by atoms with Gasteiger partial charge in [0.25, 0.3) is 0 Å². The third kappa shape index (κ3) is 2.54. The summed E-state index contributed by atoms with van der Waals surface area (Å²) in [5.74, 6) is 6.87. The van der Waals surface area contributed by atoms with Crippen LogP contribution in [-0.2, 0) is 0 Å². The first-order chi connectivity index (χ1) is 7.79. The van der Waals surface area contributed by atoms with E-state index in [1.807, 2.05) is 0 Å².